The van der Waals surface area contributed by atoms with E-state index in [9.17, 15) is 12.8 Å². The number of likely N-dealkylation sites (N-methyl/N-ethyl adjacent to an activating group) is 1. The summed E-state index contributed by atoms with van der Waals surface area (Å²) in [6.07, 6.45) is -0.815. The molecule has 1 atom stereocenters. The first-order chi connectivity index (χ1) is 7.76. The van der Waals surface area contributed by atoms with E-state index in [0.29, 0.717) is 0 Å². The summed E-state index contributed by atoms with van der Waals surface area (Å²) >= 11 is 0. The standard InChI is InChI=1S/C10H15FN2O3S/c1-7(14)6-13(2)17(15,16)9-5-3-4-8(11)10(9)12/h3-5,7,14H,6,12H2,1-2H3. The topological polar surface area (TPSA) is 83.6 Å². The van der Waals surface area contributed by atoms with Gasteiger partial charge in [-0.2, -0.15) is 4.31 Å². The molecule has 0 saturated heterocycles. The van der Waals surface area contributed by atoms with Crippen molar-refractivity contribution in [2.75, 3.05) is 19.3 Å². The molecule has 0 aromatic heterocycles. The zero-order valence-electron chi connectivity index (χ0n) is 9.59. The number of hydrogen-bond acceptors (Lipinski definition) is 4. The van der Waals surface area contributed by atoms with E-state index in [0.717, 1.165) is 10.4 Å². The van der Waals surface area contributed by atoms with Crippen LogP contribution in [0.5, 0.6) is 0 Å². The number of halogens is 1. The molecule has 17 heavy (non-hydrogen) atoms. The summed E-state index contributed by atoms with van der Waals surface area (Å²) in [5.41, 5.74) is 4.98. The Balaban J connectivity index is 3.18. The fourth-order valence-corrected chi connectivity index (χ4v) is 2.75. The van der Waals surface area contributed by atoms with Crippen molar-refractivity contribution < 1.29 is 17.9 Å². The van der Waals surface area contributed by atoms with Gasteiger partial charge in [-0.15, -0.1) is 0 Å². The molecular formula is C10H15FN2O3S. The lowest BCUT2D eigenvalue weighted by Gasteiger charge is -2.19. The SMILES string of the molecule is CC(O)CN(C)S(=O)(=O)c1cccc(F)c1N. The number of anilines is 1. The second-order valence-corrected chi connectivity index (χ2v) is 5.80. The predicted molar refractivity (Wildman–Crippen MR) is 62.3 cm³/mol. The number of sulfonamides is 1. The Kier molecular flexibility index (Phi) is 4.07. The van der Waals surface area contributed by atoms with Gasteiger partial charge >= 0.3 is 0 Å². The summed E-state index contributed by atoms with van der Waals surface area (Å²) in [4.78, 5) is -0.291. The van der Waals surface area contributed by atoms with E-state index in [-0.39, 0.29) is 11.4 Å². The second kappa shape index (κ2) is 4.99. The van der Waals surface area contributed by atoms with E-state index in [1.807, 2.05) is 0 Å². The minimum absolute atomic E-state index is 0.0850. The first kappa shape index (κ1) is 13.9. The molecule has 96 valence electrons. The molecule has 7 heteroatoms. The average molecular weight is 262 g/mol. The fourth-order valence-electron chi connectivity index (χ4n) is 1.38. The Morgan fingerprint density at radius 1 is 1.53 bits per heavy atom. The molecule has 1 rings (SSSR count). The van der Waals surface area contributed by atoms with Gasteiger partial charge in [0.15, 0.2) is 0 Å². The monoisotopic (exact) mass is 262 g/mol. The lowest BCUT2D eigenvalue weighted by molar-refractivity contribution is 0.171. The van der Waals surface area contributed by atoms with Crippen molar-refractivity contribution in [2.45, 2.75) is 17.9 Å². The maximum atomic E-state index is 13.2. The third kappa shape index (κ3) is 2.93. The van der Waals surface area contributed by atoms with Crippen LogP contribution in [0.4, 0.5) is 10.1 Å². The second-order valence-electron chi connectivity index (χ2n) is 3.79. The summed E-state index contributed by atoms with van der Waals surface area (Å²) in [6, 6.07) is 3.59. The van der Waals surface area contributed by atoms with Gasteiger partial charge in [0.05, 0.1) is 11.8 Å². The van der Waals surface area contributed by atoms with Gasteiger partial charge in [0, 0.05) is 13.6 Å². The number of hydrogen-bond donors (Lipinski definition) is 2. The summed E-state index contributed by atoms with van der Waals surface area (Å²) in [6.45, 7) is 1.37. The highest BCUT2D eigenvalue weighted by Gasteiger charge is 2.25. The molecule has 0 saturated carbocycles. The molecular weight excluding hydrogens is 247 g/mol. The Morgan fingerprint density at radius 3 is 2.65 bits per heavy atom. The number of rotatable bonds is 4. The molecule has 0 spiro atoms. The first-order valence-electron chi connectivity index (χ1n) is 4.95. The smallest absolute Gasteiger partial charge is 0.245 e. The molecule has 1 aromatic rings. The zero-order chi connectivity index (χ0) is 13.2. The maximum Gasteiger partial charge on any atom is 0.245 e. The van der Waals surface area contributed by atoms with Crippen LogP contribution >= 0.6 is 0 Å². The largest absolute Gasteiger partial charge is 0.395 e. The molecule has 0 amide bonds. The summed E-state index contributed by atoms with van der Waals surface area (Å²) in [7, 11) is -2.58. The Bertz CT molecular complexity index is 502. The number of aliphatic hydroxyl groups is 1. The summed E-state index contributed by atoms with van der Waals surface area (Å²) in [5, 5.41) is 9.15. The van der Waals surface area contributed by atoms with Gasteiger partial charge in [-0.3, -0.25) is 0 Å². The molecule has 0 heterocycles. The molecule has 3 N–H and O–H groups in total. The van der Waals surface area contributed by atoms with Crippen molar-refractivity contribution in [3.63, 3.8) is 0 Å². The molecule has 1 aromatic carbocycles. The van der Waals surface area contributed by atoms with Crippen LogP contribution in [0.15, 0.2) is 23.1 Å². The molecule has 0 radical (unpaired) electrons. The first-order valence-corrected chi connectivity index (χ1v) is 6.39. The molecule has 0 bridgehead atoms. The van der Waals surface area contributed by atoms with Gasteiger partial charge in [-0.25, -0.2) is 12.8 Å². The van der Waals surface area contributed by atoms with E-state index < -0.39 is 27.6 Å². The van der Waals surface area contributed by atoms with Crippen molar-refractivity contribution in [3.05, 3.63) is 24.0 Å². The molecule has 0 aliphatic carbocycles. The van der Waals surface area contributed by atoms with Gasteiger partial charge in [0.2, 0.25) is 10.0 Å². The van der Waals surface area contributed by atoms with Crippen LogP contribution in [0, 0.1) is 5.82 Å². The lowest BCUT2D eigenvalue weighted by Crippen LogP contribution is -2.33. The van der Waals surface area contributed by atoms with Gasteiger partial charge in [0.25, 0.3) is 0 Å². The van der Waals surface area contributed by atoms with Crippen LogP contribution in [0.2, 0.25) is 0 Å². The van der Waals surface area contributed by atoms with Gasteiger partial charge in [0.1, 0.15) is 10.7 Å². The number of benzene rings is 1. The predicted octanol–water partition coefficient (Wildman–Crippen LogP) is 0.409. The van der Waals surface area contributed by atoms with Crippen molar-refractivity contribution in [1.29, 1.82) is 0 Å². The van der Waals surface area contributed by atoms with E-state index in [4.69, 9.17) is 10.8 Å². The van der Waals surface area contributed by atoms with Crippen LogP contribution in [0.3, 0.4) is 0 Å². The Labute approximate surface area is 99.7 Å². The number of nitrogens with zero attached hydrogens (tertiary/aromatic N) is 1. The maximum absolute atomic E-state index is 13.2. The molecule has 0 fully saturated rings. The van der Waals surface area contributed by atoms with Crippen LogP contribution in [-0.4, -0.2) is 37.5 Å². The zero-order valence-corrected chi connectivity index (χ0v) is 10.4. The van der Waals surface area contributed by atoms with Crippen molar-refractivity contribution in [1.82, 2.24) is 4.31 Å². The highest BCUT2D eigenvalue weighted by atomic mass is 32.2. The van der Waals surface area contributed by atoms with Crippen LogP contribution in [0.25, 0.3) is 0 Å². The molecule has 5 nitrogen and oxygen atoms in total. The Morgan fingerprint density at radius 2 is 2.12 bits per heavy atom. The fraction of sp³-hybridized carbons (Fsp3) is 0.400. The number of nitrogen functional groups attached to an aromatic ring is 1. The normalized spacial score (nSPS) is 13.9. The quantitative estimate of drug-likeness (QED) is 0.770. The average Bonchev–Trinajstić information content (AvgIpc) is 2.20. The summed E-state index contributed by atoms with van der Waals surface area (Å²) in [5.74, 6) is -0.781. The Hall–Kier alpha value is -1.18. The van der Waals surface area contributed by atoms with Gasteiger partial charge < -0.3 is 10.8 Å². The molecule has 0 aliphatic rings. The van der Waals surface area contributed by atoms with Crippen LogP contribution < -0.4 is 5.73 Å². The number of aliphatic hydroxyl groups excluding tert-OH is 1. The van der Waals surface area contributed by atoms with E-state index in [1.165, 1.54) is 26.1 Å². The van der Waals surface area contributed by atoms with Gasteiger partial charge in [-0.1, -0.05) is 6.07 Å². The van der Waals surface area contributed by atoms with Crippen molar-refractivity contribution in [2.24, 2.45) is 0 Å². The minimum Gasteiger partial charge on any atom is -0.395 e. The number of nitrogens with two attached hydrogens (primary N) is 1. The molecule has 1 unspecified atom stereocenters. The summed E-state index contributed by atoms with van der Waals surface area (Å²) < 4.78 is 38.1. The molecule has 0 aliphatic heterocycles. The van der Waals surface area contributed by atoms with E-state index in [1.54, 1.807) is 0 Å². The van der Waals surface area contributed by atoms with Crippen molar-refractivity contribution >= 4 is 15.7 Å². The van der Waals surface area contributed by atoms with E-state index in [2.05, 4.69) is 0 Å². The third-order valence-corrected chi connectivity index (χ3v) is 4.10. The number of para-hydroxylation sites is 1. The third-order valence-electron chi connectivity index (χ3n) is 2.22. The highest BCUT2D eigenvalue weighted by molar-refractivity contribution is 7.89. The highest BCUT2D eigenvalue weighted by Crippen LogP contribution is 2.23. The lowest BCUT2D eigenvalue weighted by atomic mass is 10.3. The van der Waals surface area contributed by atoms with Crippen LogP contribution in [0.1, 0.15) is 6.92 Å². The minimum atomic E-state index is -3.88. The van der Waals surface area contributed by atoms with Gasteiger partial charge in [-0.05, 0) is 19.1 Å². The van der Waals surface area contributed by atoms with Crippen LogP contribution in [-0.2, 0) is 10.0 Å². The van der Waals surface area contributed by atoms with Crippen molar-refractivity contribution in [3.8, 4) is 0 Å². The van der Waals surface area contributed by atoms with E-state index >= 15 is 0 Å².